The number of hydrogen-bond acceptors (Lipinski definition) is 4. The molecular formula is C25H30N4O2. The lowest BCUT2D eigenvalue weighted by Gasteiger charge is -2.37. The molecule has 0 N–H and O–H groups in total. The summed E-state index contributed by atoms with van der Waals surface area (Å²) in [6.07, 6.45) is 1.21. The Bertz CT molecular complexity index is 978. The number of carbonyl (C=O) groups excluding carboxylic acids is 2. The van der Waals surface area contributed by atoms with E-state index in [0.29, 0.717) is 19.6 Å². The van der Waals surface area contributed by atoms with Gasteiger partial charge in [0.25, 0.3) is 0 Å². The number of carbonyl (C=O) groups is 2. The number of rotatable bonds is 5. The zero-order chi connectivity index (χ0) is 21.8. The molecule has 0 unspecified atom stereocenters. The van der Waals surface area contributed by atoms with Crippen LogP contribution in [0.25, 0.3) is 0 Å². The summed E-state index contributed by atoms with van der Waals surface area (Å²) in [5.41, 5.74) is 5.82. The second-order valence-corrected chi connectivity index (χ2v) is 8.27. The predicted octanol–water partition coefficient (Wildman–Crippen LogP) is 3.37. The molecule has 2 amide bonds. The Kier molecular flexibility index (Phi) is 6.35. The van der Waals surface area contributed by atoms with E-state index >= 15 is 0 Å². The third kappa shape index (κ3) is 4.79. The average Bonchev–Trinajstić information content (AvgIpc) is 3.30. The van der Waals surface area contributed by atoms with Crippen molar-refractivity contribution in [2.75, 3.05) is 37.6 Å². The Labute approximate surface area is 184 Å². The third-order valence-electron chi connectivity index (χ3n) is 6.30. The van der Waals surface area contributed by atoms with Gasteiger partial charge in [-0.25, -0.2) is 5.01 Å². The van der Waals surface area contributed by atoms with Crippen LogP contribution >= 0.6 is 0 Å². The van der Waals surface area contributed by atoms with Gasteiger partial charge < -0.3 is 9.80 Å². The zero-order valence-corrected chi connectivity index (χ0v) is 18.4. The first kappa shape index (κ1) is 21.1. The van der Waals surface area contributed by atoms with E-state index in [0.717, 1.165) is 30.8 Å². The highest BCUT2D eigenvalue weighted by Crippen LogP contribution is 2.24. The first-order chi connectivity index (χ1) is 15.0. The summed E-state index contributed by atoms with van der Waals surface area (Å²) >= 11 is 0. The normalized spacial score (nSPS) is 16.5. The van der Waals surface area contributed by atoms with Crippen LogP contribution in [-0.4, -0.2) is 60.2 Å². The average molecular weight is 419 g/mol. The minimum atomic E-state index is -0.0756. The molecule has 0 aliphatic carbocycles. The molecule has 4 rings (SSSR count). The standard InChI is InChI=1S/C25H30N4O2/c1-19-7-6-10-23(20(19)2)27-15-17-28(18-16-27)24(30)11-12-25(31)29-14-13-22(26-29)21-8-4-3-5-9-21/h3-10H,11-18H2,1-2H3. The van der Waals surface area contributed by atoms with Crippen LogP contribution in [0.4, 0.5) is 5.69 Å². The Morgan fingerprint density at radius 1 is 0.839 bits per heavy atom. The number of hydrogen-bond donors (Lipinski definition) is 0. The molecule has 0 atom stereocenters. The lowest BCUT2D eigenvalue weighted by Crippen LogP contribution is -2.49. The largest absolute Gasteiger partial charge is 0.368 e. The van der Waals surface area contributed by atoms with Crippen molar-refractivity contribution >= 4 is 23.2 Å². The number of aryl methyl sites for hydroxylation is 1. The Balaban J connectivity index is 1.26. The molecule has 1 fully saturated rings. The highest BCUT2D eigenvalue weighted by atomic mass is 16.2. The lowest BCUT2D eigenvalue weighted by molar-refractivity contribution is -0.137. The van der Waals surface area contributed by atoms with E-state index in [1.54, 1.807) is 0 Å². The van der Waals surface area contributed by atoms with E-state index in [-0.39, 0.29) is 24.7 Å². The van der Waals surface area contributed by atoms with Gasteiger partial charge in [-0.05, 0) is 36.6 Å². The van der Waals surface area contributed by atoms with Gasteiger partial charge in [-0.3, -0.25) is 9.59 Å². The number of anilines is 1. The number of hydrazone groups is 1. The van der Waals surface area contributed by atoms with Gasteiger partial charge in [0, 0.05) is 51.1 Å². The summed E-state index contributed by atoms with van der Waals surface area (Å²) in [6, 6.07) is 16.3. The summed E-state index contributed by atoms with van der Waals surface area (Å²) in [5, 5.41) is 6.00. The Morgan fingerprint density at radius 3 is 2.29 bits per heavy atom. The molecule has 2 aromatic carbocycles. The van der Waals surface area contributed by atoms with Crippen molar-refractivity contribution in [2.45, 2.75) is 33.1 Å². The number of nitrogens with zero attached hydrogens (tertiary/aromatic N) is 4. The first-order valence-electron chi connectivity index (χ1n) is 11.0. The SMILES string of the molecule is Cc1cccc(N2CCN(C(=O)CCC(=O)N3CCC(c4ccccc4)=N3)CC2)c1C. The number of benzene rings is 2. The maximum absolute atomic E-state index is 12.7. The molecule has 0 aromatic heterocycles. The van der Waals surface area contributed by atoms with Crippen molar-refractivity contribution in [1.29, 1.82) is 0 Å². The molecule has 31 heavy (non-hydrogen) atoms. The Hall–Kier alpha value is -3.15. The van der Waals surface area contributed by atoms with Crippen molar-refractivity contribution in [3.63, 3.8) is 0 Å². The molecule has 2 aromatic rings. The van der Waals surface area contributed by atoms with Crippen LogP contribution in [0.5, 0.6) is 0 Å². The zero-order valence-electron chi connectivity index (χ0n) is 18.4. The molecule has 6 heteroatoms. The van der Waals surface area contributed by atoms with Crippen LogP contribution in [0.1, 0.15) is 36.0 Å². The molecule has 0 saturated carbocycles. The first-order valence-corrected chi connectivity index (χ1v) is 11.0. The molecule has 2 aliphatic heterocycles. The van der Waals surface area contributed by atoms with E-state index in [1.807, 2.05) is 35.2 Å². The molecule has 2 aliphatic rings. The van der Waals surface area contributed by atoms with Crippen molar-refractivity contribution in [2.24, 2.45) is 5.10 Å². The van der Waals surface area contributed by atoms with Gasteiger partial charge in [-0.1, -0.05) is 42.5 Å². The quantitative estimate of drug-likeness (QED) is 0.748. The van der Waals surface area contributed by atoms with Gasteiger partial charge in [0.2, 0.25) is 11.8 Å². The fourth-order valence-electron chi connectivity index (χ4n) is 4.25. The second-order valence-electron chi connectivity index (χ2n) is 8.27. The molecule has 6 nitrogen and oxygen atoms in total. The predicted molar refractivity (Wildman–Crippen MR) is 123 cm³/mol. The summed E-state index contributed by atoms with van der Waals surface area (Å²) < 4.78 is 0. The van der Waals surface area contributed by atoms with Crippen molar-refractivity contribution in [3.8, 4) is 0 Å². The summed E-state index contributed by atoms with van der Waals surface area (Å²) in [6.45, 7) is 7.90. The maximum Gasteiger partial charge on any atom is 0.243 e. The van der Waals surface area contributed by atoms with Crippen LogP contribution in [-0.2, 0) is 9.59 Å². The summed E-state index contributed by atoms with van der Waals surface area (Å²) in [4.78, 5) is 29.5. The summed E-state index contributed by atoms with van der Waals surface area (Å²) in [5.74, 6) is -0.0197. The molecule has 2 heterocycles. The third-order valence-corrected chi connectivity index (χ3v) is 6.30. The minimum Gasteiger partial charge on any atom is -0.368 e. The van der Waals surface area contributed by atoms with Gasteiger partial charge in [0.1, 0.15) is 0 Å². The highest BCUT2D eigenvalue weighted by molar-refractivity contribution is 6.02. The van der Waals surface area contributed by atoms with E-state index in [1.165, 1.54) is 21.8 Å². The monoisotopic (exact) mass is 418 g/mol. The van der Waals surface area contributed by atoms with Gasteiger partial charge >= 0.3 is 0 Å². The van der Waals surface area contributed by atoms with Crippen LogP contribution in [0.3, 0.4) is 0 Å². The molecule has 0 radical (unpaired) electrons. The van der Waals surface area contributed by atoms with Gasteiger partial charge in [0.15, 0.2) is 0 Å². The van der Waals surface area contributed by atoms with Crippen molar-refractivity contribution in [1.82, 2.24) is 9.91 Å². The molecule has 0 spiro atoms. The van der Waals surface area contributed by atoms with E-state index in [4.69, 9.17) is 0 Å². The van der Waals surface area contributed by atoms with E-state index in [2.05, 4.69) is 42.0 Å². The Morgan fingerprint density at radius 2 is 1.55 bits per heavy atom. The van der Waals surface area contributed by atoms with Crippen molar-refractivity contribution < 1.29 is 9.59 Å². The van der Waals surface area contributed by atoms with Crippen LogP contribution in [0.15, 0.2) is 53.6 Å². The molecule has 162 valence electrons. The smallest absolute Gasteiger partial charge is 0.243 e. The highest BCUT2D eigenvalue weighted by Gasteiger charge is 2.25. The van der Waals surface area contributed by atoms with Crippen molar-refractivity contribution in [3.05, 3.63) is 65.2 Å². The second kappa shape index (κ2) is 9.33. The van der Waals surface area contributed by atoms with Crippen LogP contribution in [0, 0.1) is 13.8 Å². The van der Waals surface area contributed by atoms with Gasteiger partial charge in [-0.15, -0.1) is 0 Å². The molecular weight excluding hydrogens is 388 g/mol. The minimum absolute atomic E-state index is 0.0559. The van der Waals surface area contributed by atoms with Gasteiger partial charge in [0.05, 0.1) is 12.3 Å². The lowest BCUT2D eigenvalue weighted by atomic mass is 10.1. The molecule has 0 bridgehead atoms. The van der Waals surface area contributed by atoms with E-state index < -0.39 is 0 Å². The van der Waals surface area contributed by atoms with Gasteiger partial charge in [-0.2, -0.15) is 5.10 Å². The maximum atomic E-state index is 12.7. The number of amides is 2. The van der Waals surface area contributed by atoms with Crippen LogP contribution < -0.4 is 4.90 Å². The van der Waals surface area contributed by atoms with Crippen LogP contribution in [0.2, 0.25) is 0 Å². The fraction of sp³-hybridized carbons (Fsp3) is 0.400. The topological polar surface area (TPSA) is 56.2 Å². The number of piperazine rings is 1. The molecule has 1 saturated heterocycles. The van der Waals surface area contributed by atoms with E-state index in [9.17, 15) is 9.59 Å². The fourth-order valence-corrected chi connectivity index (χ4v) is 4.25. The summed E-state index contributed by atoms with van der Waals surface area (Å²) in [7, 11) is 0.